The van der Waals surface area contributed by atoms with Crippen molar-refractivity contribution in [1.29, 1.82) is 0 Å². The van der Waals surface area contributed by atoms with Crippen LogP contribution in [0.25, 0.3) is 0 Å². The van der Waals surface area contributed by atoms with Crippen molar-refractivity contribution in [2.75, 3.05) is 11.6 Å². The number of carbonyl (C=O) groups is 2. The van der Waals surface area contributed by atoms with Crippen molar-refractivity contribution in [3.05, 3.63) is 63.6 Å². The molecule has 0 unspecified atom stereocenters. The average Bonchev–Trinajstić information content (AvgIpc) is 2.49. The lowest BCUT2D eigenvalue weighted by Gasteiger charge is -2.09. The first-order valence-electron chi connectivity index (χ1n) is 6.65. The summed E-state index contributed by atoms with van der Waals surface area (Å²) in [5.74, 6) is 0.243. The fraction of sp³-hybridized carbons (Fsp3) is 0.125. The van der Waals surface area contributed by atoms with Crippen LogP contribution in [0.1, 0.15) is 15.9 Å². The number of hydrogen-bond donors (Lipinski definition) is 2. The van der Waals surface area contributed by atoms with Gasteiger partial charge in [-0.2, -0.15) is 11.8 Å². The molecule has 2 N–H and O–H groups in total. The quantitative estimate of drug-likeness (QED) is 0.813. The predicted octanol–water partition coefficient (Wildman–Crippen LogP) is 4.82. The second kappa shape index (κ2) is 8.24. The number of nitrogens with one attached hydrogen (secondary N) is 2. The zero-order valence-corrected chi connectivity index (χ0v) is 14.6. The highest BCUT2D eigenvalue weighted by molar-refractivity contribution is 7.97. The molecule has 0 fully saturated rings. The van der Waals surface area contributed by atoms with E-state index in [0.29, 0.717) is 5.69 Å². The Kier molecular flexibility index (Phi) is 6.33. The Morgan fingerprint density at radius 2 is 1.65 bits per heavy atom. The summed E-state index contributed by atoms with van der Waals surface area (Å²) < 4.78 is 0. The molecule has 0 saturated carbocycles. The molecule has 2 aromatic carbocycles. The highest BCUT2D eigenvalue weighted by Gasteiger charge is 2.17. The number of amides is 3. The molecular formula is C16H14Cl2N2O2S. The van der Waals surface area contributed by atoms with Crippen LogP contribution < -0.4 is 10.6 Å². The molecule has 7 heteroatoms. The van der Waals surface area contributed by atoms with Crippen molar-refractivity contribution in [3.63, 3.8) is 0 Å². The molecular weight excluding hydrogens is 355 g/mol. The first-order chi connectivity index (χ1) is 11.0. The largest absolute Gasteiger partial charge is 0.326 e. The van der Waals surface area contributed by atoms with Gasteiger partial charge in [0.25, 0.3) is 5.91 Å². The van der Waals surface area contributed by atoms with E-state index in [2.05, 4.69) is 10.6 Å². The Labute approximate surface area is 148 Å². The van der Waals surface area contributed by atoms with E-state index in [0.717, 1.165) is 11.3 Å². The van der Waals surface area contributed by atoms with Gasteiger partial charge in [-0.1, -0.05) is 41.4 Å². The van der Waals surface area contributed by atoms with Gasteiger partial charge in [-0.05, 0) is 36.1 Å². The fourth-order valence-electron chi connectivity index (χ4n) is 1.89. The monoisotopic (exact) mass is 368 g/mol. The first-order valence-corrected chi connectivity index (χ1v) is 8.80. The van der Waals surface area contributed by atoms with Gasteiger partial charge in [0.2, 0.25) is 0 Å². The molecule has 0 aromatic heterocycles. The third-order valence-corrected chi connectivity index (χ3v) is 4.19. The molecule has 0 aliphatic rings. The Balaban J connectivity index is 2.00. The molecule has 0 aliphatic heterocycles. The lowest BCUT2D eigenvalue weighted by molar-refractivity contribution is 0.0967. The molecule has 2 rings (SSSR count). The molecule has 120 valence electrons. The van der Waals surface area contributed by atoms with Gasteiger partial charge in [0.05, 0.1) is 15.6 Å². The van der Waals surface area contributed by atoms with Crippen LogP contribution >= 0.6 is 35.0 Å². The van der Waals surface area contributed by atoms with Gasteiger partial charge in [0.1, 0.15) is 0 Å². The van der Waals surface area contributed by atoms with Crippen molar-refractivity contribution in [2.45, 2.75) is 5.75 Å². The van der Waals surface area contributed by atoms with Crippen LogP contribution in [0, 0.1) is 0 Å². The third kappa shape index (κ3) is 4.89. The lowest BCUT2D eigenvalue weighted by Crippen LogP contribution is -2.34. The molecule has 3 amide bonds. The zero-order valence-electron chi connectivity index (χ0n) is 12.2. The Morgan fingerprint density at radius 1 is 1.04 bits per heavy atom. The van der Waals surface area contributed by atoms with Crippen LogP contribution in [-0.4, -0.2) is 18.2 Å². The highest BCUT2D eigenvalue weighted by atomic mass is 35.5. The van der Waals surface area contributed by atoms with Crippen LogP contribution in [0.3, 0.4) is 0 Å². The van der Waals surface area contributed by atoms with E-state index >= 15 is 0 Å². The number of rotatable bonds is 4. The molecule has 2 aromatic rings. The van der Waals surface area contributed by atoms with E-state index in [1.165, 1.54) is 12.1 Å². The summed E-state index contributed by atoms with van der Waals surface area (Å²) in [5, 5.41) is 5.16. The number of imide groups is 1. The number of hydrogen-bond acceptors (Lipinski definition) is 3. The lowest BCUT2D eigenvalue weighted by atomic mass is 10.2. The summed E-state index contributed by atoms with van der Waals surface area (Å²) in [6.07, 6.45) is 2.02. The molecule has 4 nitrogen and oxygen atoms in total. The van der Waals surface area contributed by atoms with Gasteiger partial charge in [-0.3, -0.25) is 10.1 Å². The van der Waals surface area contributed by atoms with Crippen LogP contribution in [0.2, 0.25) is 10.0 Å². The highest BCUT2D eigenvalue weighted by Crippen LogP contribution is 2.24. The molecule has 0 atom stereocenters. The fourth-order valence-corrected chi connectivity index (χ4v) is 2.99. The van der Waals surface area contributed by atoms with E-state index in [4.69, 9.17) is 23.2 Å². The normalized spacial score (nSPS) is 10.2. The predicted molar refractivity (Wildman–Crippen MR) is 96.6 cm³/mol. The summed E-state index contributed by atoms with van der Waals surface area (Å²) in [4.78, 5) is 24.0. The summed E-state index contributed by atoms with van der Waals surface area (Å²) in [5.41, 5.74) is 1.81. The van der Waals surface area contributed by atoms with Gasteiger partial charge in [0, 0.05) is 11.4 Å². The average molecular weight is 369 g/mol. The minimum Gasteiger partial charge on any atom is -0.308 e. The number of thioether (sulfide) groups is 1. The second-order valence-electron chi connectivity index (χ2n) is 4.63. The Morgan fingerprint density at radius 3 is 2.22 bits per heavy atom. The van der Waals surface area contributed by atoms with Gasteiger partial charge >= 0.3 is 6.03 Å². The molecule has 0 radical (unpaired) electrons. The molecule has 0 aliphatic carbocycles. The van der Waals surface area contributed by atoms with Crippen LogP contribution in [-0.2, 0) is 5.75 Å². The third-order valence-electron chi connectivity index (χ3n) is 2.94. The topological polar surface area (TPSA) is 58.2 Å². The molecule has 23 heavy (non-hydrogen) atoms. The maximum absolute atomic E-state index is 12.1. The van der Waals surface area contributed by atoms with E-state index in [9.17, 15) is 9.59 Å². The van der Waals surface area contributed by atoms with E-state index in [1.807, 2.05) is 18.4 Å². The number of urea groups is 1. The minimum atomic E-state index is -0.655. The SMILES string of the molecule is CSCc1ccc(NC(=O)NC(=O)c2c(Cl)cccc2Cl)cc1. The number of carbonyl (C=O) groups excluding carboxylic acids is 2. The molecule has 0 saturated heterocycles. The van der Waals surface area contributed by atoms with Crippen molar-refractivity contribution in [1.82, 2.24) is 5.32 Å². The number of benzene rings is 2. The van der Waals surface area contributed by atoms with Gasteiger partial charge in [-0.15, -0.1) is 0 Å². The smallest absolute Gasteiger partial charge is 0.308 e. The van der Waals surface area contributed by atoms with Crippen molar-refractivity contribution < 1.29 is 9.59 Å². The van der Waals surface area contributed by atoms with E-state index in [-0.39, 0.29) is 15.6 Å². The van der Waals surface area contributed by atoms with Gasteiger partial charge in [0.15, 0.2) is 0 Å². The second-order valence-corrected chi connectivity index (χ2v) is 6.32. The van der Waals surface area contributed by atoms with Crippen LogP contribution in [0.5, 0.6) is 0 Å². The maximum Gasteiger partial charge on any atom is 0.326 e. The van der Waals surface area contributed by atoms with E-state index < -0.39 is 11.9 Å². The summed E-state index contributed by atoms with van der Waals surface area (Å²) in [6, 6.07) is 11.4. The molecule has 0 heterocycles. The summed E-state index contributed by atoms with van der Waals surface area (Å²) in [7, 11) is 0. The van der Waals surface area contributed by atoms with Crippen LogP contribution in [0.4, 0.5) is 10.5 Å². The van der Waals surface area contributed by atoms with Gasteiger partial charge in [-0.25, -0.2) is 4.79 Å². The van der Waals surface area contributed by atoms with E-state index in [1.54, 1.807) is 30.0 Å². The minimum absolute atomic E-state index is 0.0706. The number of anilines is 1. The maximum atomic E-state index is 12.1. The van der Waals surface area contributed by atoms with Crippen molar-refractivity contribution >= 4 is 52.6 Å². The first kappa shape index (κ1) is 17.7. The molecule has 0 spiro atoms. The van der Waals surface area contributed by atoms with Crippen molar-refractivity contribution in [3.8, 4) is 0 Å². The Bertz CT molecular complexity index is 700. The standard InChI is InChI=1S/C16H14Cl2N2O2S/c1-23-9-10-5-7-11(8-6-10)19-16(22)20-15(21)14-12(17)3-2-4-13(14)18/h2-8H,9H2,1H3,(H2,19,20,21,22). The van der Waals surface area contributed by atoms with Crippen molar-refractivity contribution in [2.24, 2.45) is 0 Å². The Hall–Kier alpha value is -1.69. The number of halogens is 2. The molecule has 0 bridgehead atoms. The van der Waals surface area contributed by atoms with Gasteiger partial charge < -0.3 is 5.32 Å². The zero-order chi connectivity index (χ0) is 16.8. The van der Waals surface area contributed by atoms with Crippen LogP contribution in [0.15, 0.2) is 42.5 Å². The summed E-state index contributed by atoms with van der Waals surface area (Å²) >= 11 is 13.6. The summed E-state index contributed by atoms with van der Waals surface area (Å²) in [6.45, 7) is 0.